The molecular weight excluding hydrogens is 492 g/mol. The Labute approximate surface area is 197 Å². The van der Waals surface area contributed by atoms with Crippen LogP contribution in [0.25, 0.3) is 0 Å². The number of benzene rings is 3. The molecule has 0 atom stereocenters. The SMILES string of the molecule is CCOc1ccc(C(=O)Nc2ccccc2Br)cc1CN(C)S(=O)(=O)c1ccc(C)cc1. The van der Waals surface area contributed by atoms with E-state index in [1.807, 2.05) is 32.0 Å². The number of carbonyl (C=O) groups excluding carboxylic acids is 1. The lowest BCUT2D eigenvalue weighted by Crippen LogP contribution is -2.27. The van der Waals surface area contributed by atoms with Gasteiger partial charge >= 0.3 is 0 Å². The molecule has 0 saturated heterocycles. The molecule has 0 aromatic heterocycles. The Bertz CT molecular complexity index is 1210. The molecule has 0 aliphatic carbocycles. The fraction of sp³-hybridized carbons (Fsp3) is 0.208. The molecule has 1 amide bonds. The third kappa shape index (κ3) is 5.56. The van der Waals surface area contributed by atoms with Crippen molar-refractivity contribution in [1.29, 1.82) is 0 Å². The minimum absolute atomic E-state index is 0.0572. The Balaban J connectivity index is 1.88. The number of amides is 1. The number of nitrogens with one attached hydrogen (secondary N) is 1. The number of ether oxygens (including phenoxy) is 1. The van der Waals surface area contributed by atoms with Gasteiger partial charge in [-0.3, -0.25) is 4.79 Å². The normalized spacial score (nSPS) is 11.4. The number of aryl methyl sites for hydroxylation is 1. The summed E-state index contributed by atoms with van der Waals surface area (Å²) < 4.78 is 33.7. The molecule has 0 aliphatic rings. The third-order valence-electron chi connectivity index (χ3n) is 4.87. The number of sulfonamides is 1. The molecule has 0 radical (unpaired) electrons. The summed E-state index contributed by atoms with van der Waals surface area (Å²) in [5, 5.41) is 2.86. The van der Waals surface area contributed by atoms with Crippen LogP contribution in [-0.4, -0.2) is 32.3 Å². The van der Waals surface area contributed by atoms with Gasteiger partial charge in [-0.2, -0.15) is 4.31 Å². The lowest BCUT2D eigenvalue weighted by molar-refractivity contribution is 0.102. The number of nitrogens with zero attached hydrogens (tertiary/aromatic N) is 1. The Morgan fingerprint density at radius 3 is 2.41 bits per heavy atom. The first-order valence-electron chi connectivity index (χ1n) is 10.1. The third-order valence-corrected chi connectivity index (χ3v) is 7.38. The van der Waals surface area contributed by atoms with E-state index < -0.39 is 10.0 Å². The van der Waals surface area contributed by atoms with Crippen LogP contribution in [0.4, 0.5) is 5.69 Å². The molecule has 0 spiro atoms. The van der Waals surface area contributed by atoms with Gasteiger partial charge < -0.3 is 10.1 Å². The van der Waals surface area contributed by atoms with Crippen LogP contribution in [0.5, 0.6) is 5.75 Å². The molecule has 168 valence electrons. The van der Waals surface area contributed by atoms with E-state index in [1.165, 1.54) is 11.4 Å². The van der Waals surface area contributed by atoms with Crippen molar-refractivity contribution in [2.24, 2.45) is 0 Å². The van der Waals surface area contributed by atoms with Gasteiger partial charge in [-0.25, -0.2) is 8.42 Å². The Morgan fingerprint density at radius 2 is 1.75 bits per heavy atom. The van der Waals surface area contributed by atoms with Crippen molar-refractivity contribution in [3.8, 4) is 5.75 Å². The van der Waals surface area contributed by atoms with Crippen molar-refractivity contribution in [1.82, 2.24) is 4.31 Å². The number of halogens is 1. The molecule has 8 heteroatoms. The van der Waals surface area contributed by atoms with E-state index in [2.05, 4.69) is 21.2 Å². The van der Waals surface area contributed by atoms with Crippen molar-refractivity contribution in [3.05, 3.63) is 87.9 Å². The van der Waals surface area contributed by atoms with Gasteiger partial charge in [-0.05, 0) is 72.2 Å². The van der Waals surface area contributed by atoms with Gasteiger partial charge in [0.15, 0.2) is 0 Å². The predicted octanol–water partition coefficient (Wildman–Crippen LogP) is 5.23. The lowest BCUT2D eigenvalue weighted by Gasteiger charge is -2.20. The quantitative estimate of drug-likeness (QED) is 0.444. The summed E-state index contributed by atoms with van der Waals surface area (Å²) in [5.74, 6) is 0.237. The molecule has 0 aliphatic heterocycles. The minimum atomic E-state index is -3.70. The molecule has 3 aromatic carbocycles. The van der Waals surface area contributed by atoms with Crippen molar-refractivity contribution in [2.45, 2.75) is 25.3 Å². The van der Waals surface area contributed by atoms with Gasteiger partial charge in [-0.15, -0.1) is 0 Å². The maximum Gasteiger partial charge on any atom is 0.255 e. The van der Waals surface area contributed by atoms with Crippen molar-refractivity contribution in [2.75, 3.05) is 19.0 Å². The topological polar surface area (TPSA) is 75.7 Å². The van der Waals surface area contributed by atoms with Gasteiger partial charge in [0, 0.05) is 29.2 Å². The molecule has 0 bridgehead atoms. The zero-order chi connectivity index (χ0) is 23.3. The number of rotatable bonds is 8. The average molecular weight is 517 g/mol. The van der Waals surface area contributed by atoms with E-state index in [0.717, 1.165) is 10.0 Å². The van der Waals surface area contributed by atoms with Crippen LogP contribution in [0.1, 0.15) is 28.4 Å². The first-order valence-corrected chi connectivity index (χ1v) is 12.3. The van der Waals surface area contributed by atoms with Gasteiger partial charge in [0.25, 0.3) is 5.91 Å². The van der Waals surface area contributed by atoms with Crippen LogP contribution in [0.2, 0.25) is 0 Å². The summed E-state index contributed by atoms with van der Waals surface area (Å²) in [6.45, 7) is 4.23. The zero-order valence-corrected chi connectivity index (χ0v) is 20.5. The molecule has 0 heterocycles. The van der Waals surface area contributed by atoms with Crippen molar-refractivity contribution < 1.29 is 17.9 Å². The van der Waals surface area contributed by atoms with E-state index in [-0.39, 0.29) is 17.3 Å². The average Bonchev–Trinajstić information content (AvgIpc) is 2.77. The van der Waals surface area contributed by atoms with E-state index in [4.69, 9.17) is 4.74 Å². The monoisotopic (exact) mass is 516 g/mol. The number of hydrogen-bond acceptors (Lipinski definition) is 4. The highest BCUT2D eigenvalue weighted by molar-refractivity contribution is 9.10. The molecule has 3 rings (SSSR count). The fourth-order valence-corrected chi connectivity index (χ4v) is 4.65. The second kappa shape index (κ2) is 10.3. The molecule has 1 N–H and O–H groups in total. The highest BCUT2D eigenvalue weighted by atomic mass is 79.9. The molecule has 32 heavy (non-hydrogen) atoms. The number of para-hydroxylation sites is 1. The predicted molar refractivity (Wildman–Crippen MR) is 130 cm³/mol. The van der Waals surface area contributed by atoms with E-state index in [0.29, 0.717) is 29.2 Å². The van der Waals surface area contributed by atoms with Crippen LogP contribution in [0.15, 0.2) is 76.1 Å². The summed E-state index contributed by atoms with van der Waals surface area (Å²) in [7, 11) is -2.19. The molecule has 0 fully saturated rings. The van der Waals surface area contributed by atoms with Gasteiger partial charge in [0.2, 0.25) is 10.0 Å². The highest BCUT2D eigenvalue weighted by Crippen LogP contribution is 2.26. The standard InChI is InChI=1S/C24H25BrN2O4S/c1-4-31-23-14-11-18(24(28)26-22-8-6-5-7-21(22)25)15-19(23)16-27(3)32(29,30)20-12-9-17(2)10-13-20/h5-15H,4,16H2,1-3H3,(H,26,28). The lowest BCUT2D eigenvalue weighted by atomic mass is 10.1. The van der Waals surface area contributed by atoms with E-state index in [1.54, 1.807) is 48.5 Å². The summed E-state index contributed by atoms with van der Waals surface area (Å²) in [6, 6.07) is 19.0. The summed E-state index contributed by atoms with van der Waals surface area (Å²) >= 11 is 3.42. The summed E-state index contributed by atoms with van der Waals surface area (Å²) in [4.78, 5) is 13.0. The number of carbonyl (C=O) groups is 1. The van der Waals surface area contributed by atoms with Gasteiger partial charge in [0.05, 0.1) is 17.2 Å². The molecule has 6 nitrogen and oxygen atoms in total. The maximum atomic E-state index is 13.0. The largest absolute Gasteiger partial charge is 0.494 e. The Hall–Kier alpha value is -2.68. The minimum Gasteiger partial charge on any atom is -0.494 e. The first-order chi connectivity index (χ1) is 15.2. The van der Waals surface area contributed by atoms with Crippen LogP contribution >= 0.6 is 15.9 Å². The smallest absolute Gasteiger partial charge is 0.255 e. The summed E-state index contributed by atoms with van der Waals surface area (Å²) in [5.41, 5.74) is 2.63. The van der Waals surface area contributed by atoms with Crippen molar-refractivity contribution >= 4 is 37.5 Å². The number of hydrogen-bond donors (Lipinski definition) is 1. The van der Waals surface area contributed by atoms with Crippen LogP contribution in [0.3, 0.4) is 0 Å². The fourth-order valence-electron chi connectivity index (χ4n) is 3.11. The van der Waals surface area contributed by atoms with E-state index in [9.17, 15) is 13.2 Å². The number of anilines is 1. The van der Waals surface area contributed by atoms with Crippen LogP contribution in [-0.2, 0) is 16.6 Å². The first kappa shape index (κ1) is 24.0. The highest BCUT2D eigenvalue weighted by Gasteiger charge is 2.23. The summed E-state index contributed by atoms with van der Waals surface area (Å²) in [6.07, 6.45) is 0. The van der Waals surface area contributed by atoms with Gasteiger partial charge in [-0.1, -0.05) is 29.8 Å². The molecule has 3 aromatic rings. The Kier molecular flexibility index (Phi) is 7.71. The van der Waals surface area contributed by atoms with Gasteiger partial charge in [0.1, 0.15) is 5.75 Å². The Morgan fingerprint density at radius 1 is 1.06 bits per heavy atom. The molecule has 0 unspecified atom stereocenters. The maximum absolute atomic E-state index is 13.0. The van der Waals surface area contributed by atoms with Crippen LogP contribution in [0, 0.1) is 6.92 Å². The second-order valence-corrected chi connectivity index (χ2v) is 10.2. The van der Waals surface area contributed by atoms with E-state index >= 15 is 0 Å². The zero-order valence-electron chi connectivity index (χ0n) is 18.1. The van der Waals surface area contributed by atoms with Crippen LogP contribution < -0.4 is 10.1 Å². The van der Waals surface area contributed by atoms with Crippen molar-refractivity contribution in [3.63, 3.8) is 0 Å². The molecular formula is C24H25BrN2O4S. The second-order valence-electron chi connectivity index (χ2n) is 7.26. The molecule has 0 saturated carbocycles.